The number of aryl methyl sites for hydroxylation is 2. The Hall–Kier alpha value is -3.30. The van der Waals surface area contributed by atoms with E-state index in [0.717, 1.165) is 27.9 Å². The molecule has 0 unspecified atom stereocenters. The lowest BCUT2D eigenvalue weighted by atomic mass is 9.99. The lowest BCUT2D eigenvalue weighted by molar-refractivity contribution is -0.113. The minimum atomic E-state index is -0.180. The van der Waals surface area contributed by atoms with Gasteiger partial charge in [0.25, 0.3) is 0 Å². The molecule has 1 amide bonds. The Morgan fingerprint density at radius 1 is 0.971 bits per heavy atom. The highest BCUT2D eigenvalue weighted by atomic mass is 35.5. The van der Waals surface area contributed by atoms with E-state index in [1.807, 2.05) is 68.4 Å². The second kappa shape index (κ2) is 11.0. The van der Waals surface area contributed by atoms with Gasteiger partial charge in [-0.3, -0.25) is 4.79 Å². The van der Waals surface area contributed by atoms with E-state index in [4.69, 9.17) is 28.2 Å². The number of nitriles is 1. The molecule has 0 aliphatic carbocycles. The summed E-state index contributed by atoms with van der Waals surface area (Å²) in [6.45, 7) is 4.03. The normalized spacial score (nSPS) is 10.6. The molecule has 0 saturated carbocycles. The molecule has 1 heterocycles. The van der Waals surface area contributed by atoms with Gasteiger partial charge in [-0.25, -0.2) is 4.98 Å². The zero-order chi connectivity index (χ0) is 24.9. The van der Waals surface area contributed by atoms with Crippen molar-refractivity contribution < 1.29 is 4.79 Å². The van der Waals surface area contributed by atoms with Crippen molar-refractivity contribution in [1.29, 1.82) is 5.26 Å². The van der Waals surface area contributed by atoms with Crippen molar-refractivity contribution in [2.24, 2.45) is 0 Å². The molecule has 0 radical (unpaired) electrons. The van der Waals surface area contributed by atoms with Crippen molar-refractivity contribution in [3.05, 3.63) is 99.5 Å². The first-order valence-electron chi connectivity index (χ1n) is 10.8. The third kappa shape index (κ3) is 5.86. The number of aromatic nitrogens is 1. The van der Waals surface area contributed by atoms with Crippen LogP contribution in [0.2, 0.25) is 10.0 Å². The van der Waals surface area contributed by atoms with Gasteiger partial charge in [-0.1, -0.05) is 71.4 Å². The van der Waals surface area contributed by atoms with Crippen LogP contribution in [0.3, 0.4) is 0 Å². The number of hydrogen-bond donors (Lipinski definition) is 1. The summed E-state index contributed by atoms with van der Waals surface area (Å²) < 4.78 is 0. The molecule has 3 aromatic carbocycles. The minimum absolute atomic E-state index is 0.0979. The maximum Gasteiger partial charge on any atom is 0.234 e. The van der Waals surface area contributed by atoms with Gasteiger partial charge in [0.2, 0.25) is 5.91 Å². The van der Waals surface area contributed by atoms with Crippen LogP contribution in [0, 0.1) is 25.2 Å². The van der Waals surface area contributed by atoms with Crippen molar-refractivity contribution in [3.63, 3.8) is 0 Å². The molecule has 0 fully saturated rings. The highest BCUT2D eigenvalue weighted by Gasteiger charge is 2.18. The molecule has 4 rings (SSSR count). The van der Waals surface area contributed by atoms with Gasteiger partial charge in [0.1, 0.15) is 11.1 Å². The van der Waals surface area contributed by atoms with Crippen LogP contribution >= 0.6 is 35.0 Å². The monoisotopic (exact) mass is 517 g/mol. The van der Waals surface area contributed by atoms with Crippen LogP contribution in [0.25, 0.3) is 22.4 Å². The van der Waals surface area contributed by atoms with Gasteiger partial charge < -0.3 is 5.32 Å². The first-order chi connectivity index (χ1) is 16.9. The molecule has 0 aliphatic heterocycles. The Kier molecular flexibility index (Phi) is 7.77. The maximum atomic E-state index is 12.7. The maximum absolute atomic E-state index is 12.7. The Morgan fingerprint density at radius 2 is 1.71 bits per heavy atom. The largest absolute Gasteiger partial charge is 0.325 e. The molecule has 4 aromatic rings. The zero-order valence-electron chi connectivity index (χ0n) is 19.1. The number of thioether (sulfide) groups is 1. The number of carbonyl (C=O) groups excluding carboxylic acids is 1. The van der Waals surface area contributed by atoms with E-state index in [2.05, 4.69) is 11.4 Å². The number of amides is 1. The Morgan fingerprint density at radius 3 is 2.40 bits per heavy atom. The molecule has 0 atom stereocenters. The number of benzene rings is 3. The van der Waals surface area contributed by atoms with Crippen molar-refractivity contribution in [3.8, 4) is 28.5 Å². The molecule has 0 aliphatic rings. The fourth-order valence-electron chi connectivity index (χ4n) is 3.54. The summed E-state index contributed by atoms with van der Waals surface area (Å²) in [7, 11) is 0. The van der Waals surface area contributed by atoms with Gasteiger partial charge >= 0.3 is 0 Å². The van der Waals surface area contributed by atoms with E-state index in [-0.39, 0.29) is 11.7 Å². The predicted molar refractivity (Wildman–Crippen MR) is 145 cm³/mol. The molecule has 1 N–H and O–H groups in total. The number of hydrogen-bond acceptors (Lipinski definition) is 4. The number of halogens is 2. The summed E-state index contributed by atoms with van der Waals surface area (Å²) in [6.07, 6.45) is 0. The number of carbonyl (C=O) groups is 1. The van der Waals surface area contributed by atoms with Crippen LogP contribution < -0.4 is 5.32 Å². The molecular weight excluding hydrogens is 497 g/mol. The van der Waals surface area contributed by atoms with Crippen molar-refractivity contribution in [2.45, 2.75) is 18.9 Å². The van der Waals surface area contributed by atoms with Crippen molar-refractivity contribution >= 4 is 46.6 Å². The second-order valence-corrected chi connectivity index (χ2v) is 9.78. The van der Waals surface area contributed by atoms with E-state index in [1.54, 1.807) is 18.2 Å². The Labute approximate surface area is 218 Å². The number of nitrogens with one attached hydrogen (secondary N) is 1. The molecular formula is C28H21Cl2N3OS. The molecule has 174 valence electrons. The van der Waals surface area contributed by atoms with Crippen molar-refractivity contribution in [1.82, 2.24) is 4.98 Å². The van der Waals surface area contributed by atoms with E-state index < -0.39 is 0 Å². The molecule has 35 heavy (non-hydrogen) atoms. The lowest BCUT2D eigenvalue weighted by Crippen LogP contribution is -2.14. The van der Waals surface area contributed by atoms with E-state index >= 15 is 0 Å². The molecule has 0 bridgehead atoms. The number of anilines is 1. The van der Waals surface area contributed by atoms with E-state index in [0.29, 0.717) is 31.9 Å². The number of rotatable bonds is 6. The summed E-state index contributed by atoms with van der Waals surface area (Å²) in [5, 5.41) is 14.6. The lowest BCUT2D eigenvalue weighted by Gasteiger charge is -2.14. The molecule has 4 nitrogen and oxygen atoms in total. The van der Waals surface area contributed by atoms with Gasteiger partial charge in [-0.2, -0.15) is 5.26 Å². The third-order valence-corrected chi connectivity index (χ3v) is 7.09. The van der Waals surface area contributed by atoms with Gasteiger partial charge in [0.05, 0.1) is 17.0 Å². The molecule has 7 heteroatoms. The summed E-state index contributed by atoms with van der Waals surface area (Å²) in [6, 6.07) is 24.6. The SMILES string of the molecule is Cc1ccc(NC(=O)CSc2nc(-c3ccc(Cl)cc3)cc(-c3ccccc3Cl)c2C#N)cc1C. The smallest absolute Gasteiger partial charge is 0.234 e. The number of pyridine rings is 1. The third-order valence-electron chi connectivity index (χ3n) is 5.53. The van der Waals surface area contributed by atoms with Gasteiger partial charge in [0, 0.05) is 32.4 Å². The first-order valence-corrected chi connectivity index (χ1v) is 12.6. The Bertz CT molecular complexity index is 1450. The first kappa shape index (κ1) is 24.8. The van der Waals surface area contributed by atoms with Crippen LogP contribution in [0.1, 0.15) is 16.7 Å². The topological polar surface area (TPSA) is 65.8 Å². The van der Waals surface area contributed by atoms with Gasteiger partial charge in [0.15, 0.2) is 0 Å². The minimum Gasteiger partial charge on any atom is -0.325 e. The summed E-state index contributed by atoms with van der Waals surface area (Å²) in [4.78, 5) is 17.4. The van der Waals surface area contributed by atoms with Crippen LogP contribution in [0.4, 0.5) is 5.69 Å². The average Bonchev–Trinajstić information content (AvgIpc) is 2.85. The van der Waals surface area contributed by atoms with E-state index in [1.165, 1.54) is 11.8 Å². The highest BCUT2D eigenvalue weighted by Crippen LogP contribution is 2.37. The molecule has 0 spiro atoms. The Balaban J connectivity index is 1.70. The number of nitrogens with zero attached hydrogens (tertiary/aromatic N) is 2. The average molecular weight is 518 g/mol. The van der Waals surface area contributed by atoms with Crippen molar-refractivity contribution in [2.75, 3.05) is 11.1 Å². The summed E-state index contributed by atoms with van der Waals surface area (Å²) >= 11 is 13.8. The molecule has 1 aromatic heterocycles. The van der Waals surface area contributed by atoms with Crippen LogP contribution in [-0.4, -0.2) is 16.6 Å². The molecule has 0 saturated heterocycles. The second-order valence-electron chi connectivity index (χ2n) is 7.97. The summed E-state index contributed by atoms with van der Waals surface area (Å²) in [5.74, 6) is -0.0826. The summed E-state index contributed by atoms with van der Waals surface area (Å²) in [5.41, 5.74) is 6.26. The van der Waals surface area contributed by atoms with Crippen LogP contribution in [0.15, 0.2) is 77.8 Å². The van der Waals surface area contributed by atoms with Gasteiger partial charge in [-0.15, -0.1) is 0 Å². The standard InChI is InChI=1S/C28H21Cl2N3OS/c1-17-7-12-21(13-18(17)2)32-27(34)16-35-28-24(15-31)23(22-5-3-4-6-25(22)30)14-26(33-28)19-8-10-20(29)11-9-19/h3-14H,16H2,1-2H3,(H,32,34). The zero-order valence-corrected chi connectivity index (χ0v) is 21.4. The fourth-order valence-corrected chi connectivity index (χ4v) is 4.71. The van der Waals surface area contributed by atoms with Gasteiger partial charge in [-0.05, 0) is 61.4 Å². The van der Waals surface area contributed by atoms with Crippen LogP contribution in [0.5, 0.6) is 0 Å². The quantitative estimate of drug-likeness (QED) is 0.263. The van der Waals surface area contributed by atoms with E-state index in [9.17, 15) is 10.1 Å². The predicted octanol–water partition coefficient (Wildman–Crippen LogP) is 7.94. The van der Waals surface area contributed by atoms with Crippen LogP contribution in [-0.2, 0) is 4.79 Å². The fraction of sp³-hybridized carbons (Fsp3) is 0.107. The highest BCUT2D eigenvalue weighted by molar-refractivity contribution is 8.00.